The first kappa shape index (κ1) is 19.3. The monoisotopic (exact) mass is 384 g/mol. The molecule has 3 rings (SSSR count). The Morgan fingerprint density at radius 2 is 2.00 bits per heavy atom. The molecule has 28 heavy (non-hydrogen) atoms. The van der Waals surface area contributed by atoms with Crippen molar-refractivity contribution in [3.05, 3.63) is 58.1 Å². The normalized spacial score (nSPS) is 15.6. The maximum Gasteiger partial charge on any atom is 0.366 e. The Labute approximate surface area is 161 Å². The van der Waals surface area contributed by atoms with Gasteiger partial charge in [0, 0.05) is 19.7 Å². The summed E-state index contributed by atoms with van der Waals surface area (Å²) < 4.78 is 5.59. The molecule has 1 aliphatic rings. The van der Waals surface area contributed by atoms with Crippen molar-refractivity contribution in [3.63, 3.8) is 0 Å². The van der Waals surface area contributed by atoms with Gasteiger partial charge in [0.1, 0.15) is 6.54 Å². The predicted molar refractivity (Wildman–Crippen MR) is 101 cm³/mol. The fourth-order valence-corrected chi connectivity index (χ4v) is 2.91. The predicted octanol–water partition coefficient (Wildman–Crippen LogP) is 2.15. The molecule has 1 unspecified atom stereocenters. The number of hydrogen-bond donors (Lipinski definition) is 0. The first-order chi connectivity index (χ1) is 13.4. The van der Waals surface area contributed by atoms with Gasteiger partial charge < -0.3 is 19.8 Å². The Morgan fingerprint density at radius 1 is 1.29 bits per heavy atom. The molecule has 2 heterocycles. The van der Waals surface area contributed by atoms with Gasteiger partial charge in [-0.15, -0.1) is 0 Å². The van der Waals surface area contributed by atoms with Crippen molar-refractivity contribution in [1.29, 1.82) is 0 Å². The van der Waals surface area contributed by atoms with Crippen LogP contribution in [0.4, 0.5) is 11.6 Å². The van der Waals surface area contributed by atoms with Gasteiger partial charge >= 0.3 is 5.82 Å². The van der Waals surface area contributed by atoms with Crippen molar-refractivity contribution in [2.24, 2.45) is 0 Å². The van der Waals surface area contributed by atoms with E-state index in [9.17, 15) is 19.7 Å². The summed E-state index contributed by atoms with van der Waals surface area (Å²) >= 11 is 0. The number of benzene rings is 1. The van der Waals surface area contributed by atoms with E-state index >= 15 is 0 Å². The Hall–Kier alpha value is -3.49. The third kappa shape index (κ3) is 3.93. The van der Waals surface area contributed by atoms with Crippen LogP contribution in [-0.4, -0.2) is 46.3 Å². The molecule has 9 nitrogen and oxygen atoms in total. The molecule has 0 aliphatic carbocycles. The number of carbonyl (C=O) groups is 2. The molecule has 0 bridgehead atoms. The molecule has 1 aromatic carbocycles. The average Bonchev–Trinajstić information content (AvgIpc) is 2.70. The van der Waals surface area contributed by atoms with Crippen LogP contribution < -0.4 is 9.64 Å². The van der Waals surface area contributed by atoms with E-state index in [4.69, 9.17) is 4.74 Å². The van der Waals surface area contributed by atoms with Crippen molar-refractivity contribution < 1.29 is 19.2 Å². The molecule has 9 heteroatoms. The molecular formula is C19H20N4O5. The third-order valence-corrected chi connectivity index (χ3v) is 4.43. The van der Waals surface area contributed by atoms with E-state index in [0.717, 1.165) is 5.56 Å². The Morgan fingerprint density at radius 3 is 2.64 bits per heavy atom. The fourth-order valence-electron chi connectivity index (χ4n) is 2.91. The standard InChI is InChI=1S/C19H20N4O5/c1-3-14-19(25)22(18-15(28-14)9-10-16(20-18)23(26)27)12-17(24)21(2)11-13-7-5-4-6-8-13/h4-10,14H,3,11-12H2,1-2H3. The number of fused-ring (bicyclic) bond motifs is 1. The highest BCUT2D eigenvalue weighted by Gasteiger charge is 2.39. The molecule has 0 spiro atoms. The topological polar surface area (TPSA) is 106 Å². The molecule has 0 saturated heterocycles. The number of ether oxygens (including phenoxy) is 1. The zero-order valence-electron chi connectivity index (χ0n) is 15.6. The summed E-state index contributed by atoms with van der Waals surface area (Å²) in [5, 5.41) is 11.1. The van der Waals surface area contributed by atoms with Crippen LogP contribution in [0.3, 0.4) is 0 Å². The summed E-state index contributed by atoms with van der Waals surface area (Å²) in [5.41, 5.74) is 0.951. The number of amides is 2. The van der Waals surface area contributed by atoms with Crippen LogP contribution in [0, 0.1) is 10.1 Å². The molecule has 0 fully saturated rings. The van der Waals surface area contributed by atoms with Gasteiger partial charge in [0.05, 0.1) is 0 Å². The van der Waals surface area contributed by atoms with E-state index in [-0.39, 0.29) is 24.0 Å². The quantitative estimate of drug-likeness (QED) is 0.558. The summed E-state index contributed by atoms with van der Waals surface area (Å²) in [5.74, 6) is -0.932. The van der Waals surface area contributed by atoms with Crippen LogP contribution in [0.1, 0.15) is 18.9 Å². The van der Waals surface area contributed by atoms with Gasteiger partial charge in [-0.1, -0.05) is 37.3 Å². The van der Waals surface area contributed by atoms with Crippen molar-refractivity contribution >= 4 is 23.5 Å². The lowest BCUT2D eigenvalue weighted by Crippen LogP contribution is -2.50. The van der Waals surface area contributed by atoms with E-state index in [1.54, 1.807) is 14.0 Å². The molecule has 2 aromatic rings. The summed E-state index contributed by atoms with van der Waals surface area (Å²) in [6.07, 6.45) is -0.359. The maximum atomic E-state index is 12.7. The third-order valence-electron chi connectivity index (χ3n) is 4.43. The molecule has 0 radical (unpaired) electrons. The van der Waals surface area contributed by atoms with Crippen molar-refractivity contribution in [1.82, 2.24) is 9.88 Å². The number of hydrogen-bond acceptors (Lipinski definition) is 6. The Kier molecular flexibility index (Phi) is 5.53. The van der Waals surface area contributed by atoms with Gasteiger partial charge in [-0.05, 0) is 28.0 Å². The highest BCUT2D eigenvalue weighted by Crippen LogP contribution is 2.34. The molecular weight excluding hydrogens is 364 g/mol. The fraction of sp³-hybridized carbons (Fsp3) is 0.316. The lowest BCUT2D eigenvalue weighted by atomic mass is 10.2. The number of nitro groups is 1. The minimum Gasteiger partial charge on any atom is -0.474 e. The van der Waals surface area contributed by atoms with E-state index < -0.39 is 22.8 Å². The molecule has 1 aliphatic heterocycles. The molecule has 0 N–H and O–H groups in total. The maximum absolute atomic E-state index is 12.7. The van der Waals surface area contributed by atoms with Crippen LogP contribution in [0.25, 0.3) is 0 Å². The molecule has 1 aromatic heterocycles. The minimum atomic E-state index is -0.761. The number of likely N-dealkylation sites (N-methyl/N-ethyl adjacent to an activating group) is 1. The van der Waals surface area contributed by atoms with E-state index in [2.05, 4.69) is 4.98 Å². The largest absolute Gasteiger partial charge is 0.474 e. The van der Waals surface area contributed by atoms with Gasteiger partial charge in [0.25, 0.3) is 11.7 Å². The highest BCUT2D eigenvalue weighted by molar-refractivity contribution is 6.03. The van der Waals surface area contributed by atoms with E-state index in [1.807, 2.05) is 30.3 Å². The van der Waals surface area contributed by atoms with E-state index in [1.165, 1.54) is 21.9 Å². The summed E-state index contributed by atoms with van der Waals surface area (Å²) in [6.45, 7) is 1.89. The number of anilines is 1. The van der Waals surface area contributed by atoms with Gasteiger partial charge in [0.2, 0.25) is 5.91 Å². The van der Waals surface area contributed by atoms with Crippen molar-refractivity contribution in [2.75, 3.05) is 18.5 Å². The van der Waals surface area contributed by atoms with Crippen LogP contribution in [0.15, 0.2) is 42.5 Å². The number of rotatable bonds is 6. The van der Waals surface area contributed by atoms with Crippen molar-refractivity contribution in [2.45, 2.75) is 26.0 Å². The summed E-state index contributed by atoms with van der Waals surface area (Å²) in [6, 6.07) is 12.1. The van der Waals surface area contributed by atoms with Gasteiger partial charge in [-0.2, -0.15) is 0 Å². The Balaban J connectivity index is 1.85. The number of pyridine rings is 1. The summed E-state index contributed by atoms with van der Waals surface area (Å²) in [7, 11) is 1.64. The smallest absolute Gasteiger partial charge is 0.366 e. The van der Waals surface area contributed by atoms with Crippen LogP contribution in [0.2, 0.25) is 0 Å². The SMILES string of the molecule is CCC1Oc2ccc([N+](=O)[O-])nc2N(CC(=O)N(C)Cc2ccccc2)C1=O. The second-order valence-corrected chi connectivity index (χ2v) is 6.42. The number of carbonyl (C=O) groups excluding carboxylic acids is 2. The van der Waals surface area contributed by atoms with Crippen molar-refractivity contribution in [3.8, 4) is 5.75 Å². The van der Waals surface area contributed by atoms with Gasteiger partial charge in [-0.25, -0.2) is 0 Å². The number of nitrogens with zero attached hydrogens (tertiary/aromatic N) is 4. The molecule has 1 atom stereocenters. The second-order valence-electron chi connectivity index (χ2n) is 6.42. The first-order valence-corrected chi connectivity index (χ1v) is 8.82. The molecule has 2 amide bonds. The number of aromatic nitrogens is 1. The second kappa shape index (κ2) is 8.03. The molecule has 0 saturated carbocycles. The average molecular weight is 384 g/mol. The van der Waals surface area contributed by atoms with Gasteiger partial charge in [0.15, 0.2) is 11.9 Å². The minimum absolute atomic E-state index is 0.00892. The highest BCUT2D eigenvalue weighted by atomic mass is 16.6. The lowest BCUT2D eigenvalue weighted by molar-refractivity contribution is -0.389. The summed E-state index contributed by atoms with van der Waals surface area (Å²) in [4.78, 5) is 42.4. The van der Waals surface area contributed by atoms with E-state index in [0.29, 0.717) is 13.0 Å². The lowest BCUT2D eigenvalue weighted by Gasteiger charge is -2.31. The van der Waals surface area contributed by atoms with Crippen LogP contribution >= 0.6 is 0 Å². The zero-order chi connectivity index (χ0) is 20.3. The van der Waals surface area contributed by atoms with Gasteiger partial charge in [-0.3, -0.25) is 14.5 Å². The van der Waals surface area contributed by atoms with Crippen LogP contribution in [-0.2, 0) is 16.1 Å². The zero-order valence-corrected chi connectivity index (χ0v) is 15.6. The molecule has 146 valence electrons. The Bertz CT molecular complexity index is 902. The first-order valence-electron chi connectivity index (χ1n) is 8.82. The van der Waals surface area contributed by atoms with Crippen LogP contribution in [0.5, 0.6) is 5.75 Å².